The minimum atomic E-state index is 0.545. The molecule has 0 aliphatic heterocycles. The Hall–Kier alpha value is -2.11. The van der Waals surface area contributed by atoms with Gasteiger partial charge in [0.1, 0.15) is 12.4 Å². The SMILES string of the molecule is NNc1nc2cccc(OCc3ccccc3)c2s1. The Morgan fingerprint density at radius 2 is 1.95 bits per heavy atom. The van der Waals surface area contributed by atoms with Gasteiger partial charge in [0.2, 0.25) is 0 Å². The smallest absolute Gasteiger partial charge is 0.198 e. The van der Waals surface area contributed by atoms with Crippen LogP contribution in [0, 0.1) is 0 Å². The van der Waals surface area contributed by atoms with Crippen molar-refractivity contribution in [1.29, 1.82) is 0 Å². The van der Waals surface area contributed by atoms with Gasteiger partial charge in [-0.25, -0.2) is 10.8 Å². The van der Waals surface area contributed by atoms with Crippen LogP contribution >= 0.6 is 11.3 Å². The molecule has 96 valence electrons. The van der Waals surface area contributed by atoms with Gasteiger partial charge in [0, 0.05) is 0 Å². The lowest BCUT2D eigenvalue weighted by molar-refractivity contribution is 0.310. The van der Waals surface area contributed by atoms with Crippen molar-refractivity contribution in [3.8, 4) is 5.75 Å². The predicted octanol–water partition coefficient (Wildman–Crippen LogP) is 3.16. The van der Waals surface area contributed by atoms with Gasteiger partial charge in [0.25, 0.3) is 0 Å². The zero-order valence-electron chi connectivity index (χ0n) is 10.2. The van der Waals surface area contributed by atoms with Crippen molar-refractivity contribution in [1.82, 2.24) is 4.98 Å². The molecule has 0 atom stereocenters. The van der Waals surface area contributed by atoms with E-state index in [1.807, 2.05) is 48.5 Å². The van der Waals surface area contributed by atoms with E-state index in [4.69, 9.17) is 10.6 Å². The van der Waals surface area contributed by atoms with E-state index in [9.17, 15) is 0 Å². The maximum Gasteiger partial charge on any atom is 0.198 e. The summed E-state index contributed by atoms with van der Waals surface area (Å²) in [6.45, 7) is 0.545. The van der Waals surface area contributed by atoms with Crippen LogP contribution in [0.4, 0.5) is 5.13 Å². The Morgan fingerprint density at radius 3 is 2.74 bits per heavy atom. The molecule has 0 unspecified atom stereocenters. The van der Waals surface area contributed by atoms with Crippen LogP contribution in [0.15, 0.2) is 48.5 Å². The van der Waals surface area contributed by atoms with Gasteiger partial charge in [-0.3, -0.25) is 5.43 Å². The quantitative estimate of drug-likeness (QED) is 0.565. The van der Waals surface area contributed by atoms with Gasteiger partial charge in [-0.05, 0) is 17.7 Å². The molecule has 0 bridgehead atoms. The van der Waals surface area contributed by atoms with E-state index in [0.29, 0.717) is 11.7 Å². The van der Waals surface area contributed by atoms with E-state index in [1.54, 1.807) is 0 Å². The van der Waals surface area contributed by atoms with Crippen LogP contribution in [0.2, 0.25) is 0 Å². The van der Waals surface area contributed by atoms with Gasteiger partial charge in [-0.2, -0.15) is 0 Å². The van der Waals surface area contributed by atoms with Crippen molar-refractivity contribution >= 4 is 26.7 Å². The van der Waals surface area contributed by atoms with Gasteiger partial charge in [-0.1, -0.05) is 47.7 Å². The molecule has 0 saturated heterocycles. The number of ether oxygens (including phenoxy) is 1. The Labute approximate surface area is 114 Å². The largest absolute Gasteiger partial charge is 0.487 e. The number of nitrogens with one attached hydrogen (secondary N) is 1. The average Bonchev–Trinajstić information content (AvgIpc) is 2.90. The first-order chi connectivity index (χ1) is 9.36. The fourth-order valence-corrected chi connectivity index (χ4v) is 2.68. The van der Waals surface area contributed by atoms with Crippen molar-refractivity contribution in [2.75, 3.05) is 5.43 Å². The van der Waals surface area contributed by atoms with Crippen molar-refractivity contribution < 1.29 is 4.74 Å². The second kappa shape index (κ2) is 5.26. The van der Waals surface area contributed by atoms with Gasteiger partial charge in [0.05, 0.1) is 10.2 Å². The maximum atomic E-state index is 5.86. The summed E-state index contributed by atoms with van der Waals surface area (Å²) in [6.07, 6.45) is 0. The highest BCUT2D eigenvalue weighted by atomic mass is 32.1. The summed E-state index contributed by atoms with van der Waals surface area (Å²) in [5, 5.41) is 0.686. The fraction of sp³-hybridized carbons (Fsp3) is 0.0714. The molecule has 0 radical (unpaired) electrons. The number of hydrogen-bond acceptors (Lipinski definition) is 5. The number of hydrazine groups is 1. The first-order valence-electron chi connectivity index (χ1n) is 5.90. The molecule has 0 fully saturated rings. The number of rotatable bonds is 4. The van der Waals surface area contributed by atoms with Crippen LogP contribution in [-0.2, 0) is 6.61 Å². The van der Waals surface area contributed by atoms with E-state index in [2.05, 4.69) is 10.4 Å². The number of nitrogens with two attached hydrogens (primary N) is 1. The standard InChI is InChI=1S/C14H13N3OS/c15-17-14-16-11-7-4-8-12(13(11)19-14)18-9-10-5-2-1-3-6-10/h1-8H,9,15H2,(H,16,17). The predicted molar refractivity (Wildman–Crippen MR) is 78.2 cm³/mol. The van der Waals surface area contributed by atoms with Crippen LogP contribution in [0.25, 0.3) is 10.2 Å². The lowest BCUT2D eigenvalue weighted by atomic mass is 10.2. The summed E-state index contributed by atoms with van der Waals surface area (Å²) < 4.78 is 6.87. The number of anilines is 1. The third-order valence-electron chi connectivity index (χ3n) is 2.74. The van der Waals surface area contributed by atoms with Crippen LogP contribution in [0.3, 0.4) is 0 Å². The summed E-state index contributed by atoms with van der Waals surface area (Å²) in [5.41, 5.74) is 4.60. The Balaban J connectivity index is 1.86. The lowest BCUT2D eigenvalue weighted by Crippen LogP contribution is -2.05. The molecule has 0 saturated carbocycles. The van der Waals surface area contributed by atoms with Crippen LogP contribution in [0.5, 0.6) is 5.75 Å². The molecule has 2 aromatic carbocycles. The Bertz CT molecular complexity index is 681. The van der Waals surface area contributed by atoms with E-state index >= 15 is 0 Å². The molecule has 0 spiro atoms. The van der Waals surface area contributed by atoms with Crippen molar-refractivity contribution in [3.63, 3.8) is 0 Å². The number of nitrogens with zero attached hydrogens (tertiary/aromatic N) is 1. The summed E-state index contributed by atoms with van der Waals surface area (Å²) >= 11 is 1.49. The number of benzene rings is 2. The highest BCUT2D eigenvalue weighted by molar-refractivity contribution is 7.22. The van der Waals surface area contributed by atoms with E-state index in [1.165, 1.54) is 11.3 Å². The molecule has 4 nitrogen and oxygen atoms in total. The number of fused-ring (bicyclic) bond motifs is 1. The van der Waals surface area contributed by atoms with Gasteiger partial charge in [0.15, 0.2) is 5.13 Å². The second-order valence-electron chi connectivity index (χ2n) is 4.04. The lowest BCUT2D eigenvalue weighted by Gasteiger charge is -2.06. The molecule has 0 aliphatic carbocycles. The normalized spacial score (nSPS) is 10.6. The monoisotopic (exact) mass is 271 g/mol. The second-order valence-corrected chi connectivity index (χ2v) is 5.04. The molecule has 3 aromatic rings. The third-order valence-corrected chi connectivity index (χ3v) is 3.76. The van der Waals surface area contributed by atoms with E-state index in [0.717, 1.165) is 21.5 Å². The summed E-state index contributed by atoms with van der Waals surface area (Å²) in [6, 6.07) is 15.9. The molecule has 3 N–H and O–H groups in total. The van der Waals surface area contributed by atoms with Crippen molar-refractivity contribution in [2.24, 2.45) is 5.84 Å². The molecule has 0 amide bonds. The van der Waals surface area contributed by atoms with Gasteiger partial charge in [-0.15, -0.1) is 0 Å². The zero-order valence-corrected chi connectivity index (χ0v) is 11.0. The minimum Gasteiger partial charge on any atom is -0.487 e. The number of aromatic nitrogens is 1. The van der Waals surface area contributed by atoms with Crippen LogP contribution in [0.1, 0.15) is 5.56 Å². The Kier molecular flexibility index (Phi) is 3.31. The topological polar surface area (TPSA) is 60.2 Å². The van der Waals surface area contributed by atoms with Gasteiger partial charge >= 0.3 is 0 Å². The highest BCUT2D eigenvalue weighted by Crippen LogP contribution is 2.33. The zero-order chi connectivity index (χ0) is 13.1. The van der Waals surface area contributed by atoms with E-state index < -0.39 is 0 Å². The molecule has 19 heavy (non-hydrogen) atoms. The average molecular weight is 271 g/mol. The van der Waals surface area contributed by atoms with Crippen molar-refractivity contribution in [3.05, 3.63) is 54.1 Å². The molecular formula is C14H13N3OS. The number of nitrogen functional groups attached to an aromatic ring is 1. The summed E-state index contributed by atoms with van der Waals surface area (Å²) in [7, 11) is 0. The molecule has 0 aliphatic rings. The van der Waals surface area contributed by atoms with Crippen LogP contribution < -0.4 is 16.0 Å². The molecule has 5 heteroatoms. The third kappa shape index (κ3) is 2.52. The van der Waals surface area contributed by atoms with Crippen LogP contribution in [-0.4, -0.2) is 4.98 Å². The first-order valence-corrected chi connectivity index (χ1v) is 6.71. The maximum absolute atomic E-state index is 5.86. The van der Waals surface area contributed by atoms with Crippen molar-refractivity contribution in [2.45, 2.75) is 6.61 Å². The Morgan fingerprint density at radius 1 is 1.11 bits per heavy atom. The van der Waals surface area contributed by atoms with E-state index in [-0.39, 0.29) is 0 Å². The molecule has 1 aromatic heterocycles. The summed E-state index contributed by atoms with van der Waals surface area (Å²) in [4.78, 5) is 4.35. The first kappa shape index (κ1) is 12.0. The minimum absolute atomic E-state index is 0.545. The summed E-state index contributed by atoms with van der Waals surface area (Å²) in [5.74, 6) is 6.22. The molecular weight excluding hydrogens is 258 g/mol. The number of thiazole rings is 1. The number of hydrogen-bond donors (Lipinski definition) is 2. The highest BCUT2D eigenvalue weighted by Gasteiger charge is 2.08. The van der Waals surface area contributed by atoms with Gasteiger partial charge < -0.3 is 4.74 Å². The molecule has 1 heterocycles. The fourth-order valence-electron chi connectivity index (χ4n) is 1.83. The molecule has 3 rings (SSSR count).